The third-order valence-corrected chi connectivity index (χ3v) is 2.82. The summed E-state index contributed by atoms with van der Waals surface area (Å²) in [6, 6.07) is 7.11. The number of rotatable bonds is 3. The summed E-state index contributed by atoms with van der Waals surface area (Å²) in [6.07, 6.45) is 0.834. The van der Waals surface area contributed by atoms with Gasteiger partial charge >= 0.3 is 0 Å². The Bertz CT molecular complexity index is 625. The molecule has 5 heteroatoms. The van der Waals surface area contributed by atoms with Gasteiger partial charge in [-0.2, -0.15) is 0 Å². The number of carbonyl (C=O) groups excluding carboxylic acids is 1. The predicted octanol–water partition coefficient (Wildman–Crippen LogP) is 1.83. The molecular formula is C13H15N3O2. The molecule has 0 saturated carbocycles. The van der Waals surface area contributed by atoms with Crippen LogP contribution in [0.2, 0.25) is 0 Å². The van der Waals surface area contributed by atoms with Gasteiger partial charge in [0.15, 0.2) is 0 Å². The highest BCUT2D eigenvalue weighted by atomic mass is 16.2. The van der Waals surface area contributed by atoms with E-state index in [0.29, 0.717) is 0 Å². The van der Waals surface area contributed by atoms with Crippen molar-refractivity contribution in [3.63, 3.8) is 0 Å². The Morgan fingerprint density at radius 1 is 1.33 bits per heavy atom. The van der Waals surface area contributed by atoms with Crippen LogP contribution in [0, 0.1) is 6.92 Å². The molecule has 1 aromatic heterocycles. The number of H-pyrrole nitrogens is 2. The molecule has 5 nitrogen and oxygen atoms in total. The minimum atomic E-state index is -0.322. The van der Waals surface area contributed by atoms with Crippen molar-refractivity contribution < 1.29 is 4.79 Å². The summed E-state index contributed by atoms with van der Waals surface area (Å²) in [4.78, 5) is 22.9. The van der Waals surface area contributed by atoms with E-state index in [1.165, 1.54) is 6.07 Å². The average molecular weight is 245 g/mol. The highest BCUT2D eigenvalue weighted by Gasteiger charge is 2.11. The van der Waals surface area contributed by atoms with Crippen LogP contribution in [0.4, 0.5) is 5.69 Å². The molecule has 3 N–H and O–H groups in total. The number of nitrogens with one attached hydrogen (secondary N) is 3. The van der Waals surface area contributed by atoms with E-state index in [9.17, 15) is 9.59 Å². The van der Waals surface area contributed by atoms with Gasteiger partial charge in [-0.1, -0.05) is 25.1 Å². The number of benzene rings is 1. The molecule has 0 aliphatic carbocycles. The highest BCUT2D eigenvalue weighted by Crippen LogP contribution is 2.21. The lowest BCUT2D eigenvalue weighted by Gasteiger charge is -2.12. The van der Waals surface area contributed by atoms with Crippen LogP contribution in [0.3, 0.4) is 0 Å². The number of hydrogen-bond acceptors (Lipinski definition) is 2. The van der Waals surface area contributed by atoms with Gasteiger partial charge in [0.2, 0.25) is 0 Å². The first kappa shape index (κ1) is 12.2. The van der Waals surface area contributed by atoms with Crippen molar-refractivity contribution in [2.24, 2.45) is 0 Å². The molecule has 0 aliphatic heterocycles. The maximum Gasteiger partial charge on any atom is 0.273 e. The van der Waals surface area contributed by atoms with Gasteiger partial charge < -0.3 is 5.32 Å². The molecule has 18 heavy (non-hydrogen) atoms. The zero-order valence-corrected chi connectivity index (χ0v) is 10.3. The fourth-order valence-corrected chi connectivity index (χ4v) is 1.84. The second-order valence-corrected chi connectivity index (χ2v) is 4.09. The molecule has 0 bridgehead atoms. The summed E-state index contributed by atoms with van der Waals surface area (Å²) in [5.74, 6) is -0.322. The van der Waals surface area contributed by atoms with Gasteiger partial charge in [-0.25, -0.2) is 0 Å². The first-order valence-corrected chi connectivity index (χ1v) is 5.79. The molecule has 2 aromatic rings. The van der Waals surface area contributed by atoms with Crippen molar-refractivity contribution >= 4 is 11.6 Å². The lowest BCUT2D eigenvalue weighted by Crippen LogP contribution is -2.14. The zero-order chi connectivity index (χ0) is 13.1. The molecule has 0 spiro atoms. The fourth-order valence-electron chi connectivity index (χ4n) is 1.84. The van der Waals surface area contributed by atoms with Crippen molar-refractivity contribution in [2.75, 3.05) is 5.32 Å². The van der Waals surface area contributed by atoms with E-state index in [2.05, 4.69) is 15.5 Å². The van der Waals surface area contributed by atoms with Crippen LogP contribution in [0.5, 0.6) is 0 Å². The smallest absolute Gasteiger partial charge is 0.273 e. The lowest BCUT2D eigenvalue weighted by molar-refractivity contribution is 0.102. The van der Waals surface area contributed by atoms with Crippen LogP contribution in [0.1, 0.15) is 28.5 Å². The summed E-state index contributed by atoms with van der Waals surface area (Å²) in [7, 11) is 0. The Morgan fingerprint density at radius 3 is 2.72 bits per heavy atom. The van der Waals surface area contributed by atoms with E-state index in [4.69, 9.17) is 0 Å². The largest absolute Gasteiger partial charge is 0.320 e. The predicted molar refractivity (Wildman–Crippen MR) is 69.9 cm³/mol. The van der Waals surface area contributed by atoms with E-state index in [1.807, 2.05) is 32.0 Å². The summed E-state index contributed by atoms with van der Waals surface area (Å²) < 4.78 is 0. The SMILES string of the molecule is CCc1cccc(C)c1NC(=O)c1cc(=O)[nH][nH]1. The van der Waals surface area contributed by atoms with Gasteiger partial charge in [-0.15, -0.1) is 0 Å². The van der Waals surface area contributed by atoms with Gasteiger partial charge in [0.05, 0.1) is 0 Å². The molecule has 0 saturated heterocycles. The number of aromatic amines is 2. The van der Waals surface area contributed by atoms with Crippen molar-refractivity contribution in [1.82, 2.24) is 10.2 Å². The Hall–Kier alpha value is -2.30. The highest BCUT2D eigenvalue weighted by molar-refractivity contribution is 6.03. The molecule has 0 atom stereocenters. The molecule has 1 heterocycles. The van der Waals surface area contributed by atoms with Gasteiger partial charge in [-0.3, -0.25) is 19.8 Å². The molecular weight excluding hydrogens is 230 g/mol. The summed E-state index contributed by atoms with van der Waals surface area (Å²) in [6.45, 7) is 3.97. The Balaban J connectivity index is 2.29. The molecule has 2 rings (SSSR count). The normalized spacial score (nSPS) is 10.3. The molecule has 1 aromatic carbocycles. The maximum absolute atomic E-state index is 11.9. The van der Waals surface area contributed by atoms with E-state index in [1.54, 1.807) is 0 Å². The van der Waals surface area contributed by atoms with E-state index >= 15 is 0 Å². The molecule has 0 fully saturated rings. The quantitative estimate of drug-likeness (QED) is 0.771. The number of para-hydroxylation sites is 1. The Morgan fingerprint density at radius 2 is 2.11 bits per heavy atom. The number of hydrogen-bond donors (Lipinski definition) is 3. The Kier molecular flexibility index (Phi) is 3.32. The van der Waals surface area contributed by atoms with Crippen LogP contribution in [0.25, 0.3) is 0 Å². The number of anilines is 1. The molecule has 94 valence electrons. The maximum atomic E-state index is 11.9. The van der Waals surface area contributed by atoms with Crippen LogP contribution in [-0.4, -0.2) is 16.1 Å². The molecule has 0 unspecified atom stereocenters. The number of aromatic nitrogens is 2. The second-order valence-electron chi connectivity index (χ2n) is 4.09. The van der Waals surface area contributed by atoms with E-state index in [0.717, 1.165) is 23.2 Å². The van der Waals surface area contributed by atoms with Gasteiger partial charge in [0.1, 0.15) is 5.69 Å². The number of carbonyl (C=O) groups is 1. The van der Waals surface area contributed by atoms with E-state index < -0.39 is 0 Å². The van der Waals surface area contributed by atoms with Crippen molar-refractivity contribution in [2.45, 2.75) is 20.3 Å². The van der Waals surface area contributed by atoms with Crippen molar-refractivity contribution in [3.05, 3.63) is 51.4 Å². The molecule has 1 amide bonds. The first-order valence-electron chi connectivity index (χ1n) is 5.79. The van der Waals surface area contributed by atoms with Crippen LogP contribution < -0.4 is 10.9 Å². The van der Waals surface area contributed by atoms with Gasteiger partial charge in [0.25, 0.3) is 11.5 Å². The number of aryl methyl sites for hydroxylation is 2. The van der Waals surface area contributed by atoms with Gasteiger partial charge in [-0.05, 0) is 24.5 Å². The monoisotopic (exact) mass is 245 g/mol. The summed E-state index contributed by atoms with van der Waals surface area (Å²) in [5, 5.41) is 7.70. The topological polar surface area (TPSA) is 77.8 Å². The summed E-state index contributed by atoms with van der Waals surface area (Å²) >= 11 is 0. The lowest BCUT2D eigenvalue weighted by atomic mass is 10.1. The number of amides is 1. The minimum absolute atomic E-state index is 0.227. The molecule has 0 aliphatic rings. The minimum Gasteiger partial charge on any atom is -0.320 e. The van der Waals surface area contributed by atoms with Crippen molar-refractivity contribution in [1.29, 1.82) is 0 Å². The van der Waals surface area contributed by atoms with E-state index in [-0.39, 0.29) is 17.2 Å². The Labute approximate surface area is 104 Å². The third-order valence-electron chi connectivity index (χ3n) is 2.82. The third kappa shape index (κ3) is 2.34. The fraction of sp³-hybridized carbons (Fsp3) is 0.231. The first-order chi connectivity index (χ1) is 8.61. The average Bonchev–Trinajstić information content (AvgIpc) is 2.78. The standard InChI is InChI=1S/C13H15N3O2/c1-3-9-6-4-5-8(2)12(9)14-13(18)10-7-11(17)16-15-10/h4-7H,3H2,1-2H3,(H,14,18)(H2,15,16,17). The zero-order valence-electron chi connectivity index (χ0n) is 10.3. The molecule has 0 radical (unpaired) electrons. The summed E-state index contributed by atoms with van der Waals surface area (Å²) in [5.41, 5.74) is 2.79. The van der Waals surface area contributed by atoms with Gasteiger partial charge in [0, 0.05) is 11.8 Å². The van der Waals surface area contributed by atoms with Crippen LogP contribution in [-0.2, 0) is 6.42 Å². The van der Waals surface area contributed by atoms with Crippen molar-refractivity contribution in [3.8, 4) is 0 Å². The van der Waals surface area contributed by atoms with Crippen LogP contribution >= 0.6 is 0 Å². The second kappa shape index (κ2) is 4.91. The van der Waals surface area contributed by atoms with Crippen LogP contribution in [0.15, 0.2) is 29.1 Å².